The van der Waals surface area contributed by atoms with Crippen LogP contribution in [0.1, 0.15) is 12.5 Å². The maximum atomic E-state index is 15.1. The van der Waals surface area contributed by atoms with E-state index in [1.807, 2.05) is 6.92 Å². The minimum Gasteiger partial charge on any atom is -0.470 e. The Balaban J connectivity index is 1.66. The molecule has 0 bridgehead atoms. The molecule has 1 aliphatic rings. The van der Waals surface area contributed by atoms with Crippen LogP contribution in [0.4, 0.5) is 4.39 Å². The van der Waals surface area contributed by atoms with Crippen molar-refractivity contribution in [2.75, 3.05) is 19.8 Å². The summed E-state index contributed by atoms with van der Waals surface area (Å²) in [5.41, 5.74) is 0.954. The van der Waals surface area contributed by atoms with Crippen molar-refractivity contribution in [1.29, 1.82) is 0 Å². The number of benzene rings is 2. The Morgan fingerprint density at radius 2 is 1.72 bits per heavy atom. The number of nitrogens with zero attached hydrogens (tertiary/aromatic N) is 4. The summed E-state index contributed by atoms with van der Waals surface area (Å²) in [6.07, 6.45) is 1.14. The Morgan fingerprint density at radius 3 is 2.41 bits per heavy atom. The van der Waals surface area contributed by atoms with Gasteiger partial charge in [0, 0.05) is 12.1 Å². The Morgan fingerprint density at radius 1 is 1.03 bits per heavy atom. The molecule has 164 valence electrons. The van der Waals surface area contributed by atoms with E-state index in [1.165, 1.54) is 0 Å². The molecule has 0 amide bonds. The molecule has 0 unspecified atom stereocenters. The van der Waals surface area contributed by atoms with Crippen LogP contribution in [0.15, 0.2) is 65.0 Å². The molecule has 2 heterocycles. The van der Waals surface area contributed by atoms with Crippen LogP contribution >= 0.6 is 11.6 Å². The van der Waals surface area contributed by atoms with E-state index < -0.39 is 5.82 Å². The lowest BCUT2D eigenvalue weighted by molar-refractivity contribution is 0.0676. The molecule has 0 fully saturated rings. The van der Waals surface area contributed by atoms with Crippen molar-refractivity contribution in [3.63, 3.8) is 0 Å². The Bertz CT molecular complexity index is 1170. The van der Waals surface area contributed by atoms with E-state index in [2.05, 4.69) is 20.1 Å². The molecule has 32 heavy (non-hydrogen) atoms. The molecule has 3 aromatic rings. The minimum atomic E-state index is -0.884. The molecule has 10 heteroatoms. The standard InChI is InChI=1S/C22H18ClFN4O4/c1-2-25-19(22-28-30-12-11-29-22)14-7-3-5-9-16(14)31-20-18(24)21(27-13-26-20)32-17-10-6-4-8-15(17)23/h3-10,13H,2,11-12H2,1H3. The molecule has 0 aliphatic carbocycles. The number of hydrogen-bond acceptors (Lipinski definition) is 8. The van der Waals surface area contributed by atoms with Crippen LogP contribution in [0, 0.1) is 5.82 Å². The van der Waals surface area contributed by atoms with E-state index in [4.69, 9.17) is 30.6 Å². The molecular weight excluding hydrogens is 439 g/mol. The van der Waals surface area contributed by atoms with Crippen molar-refractivity contribution in [3.05, 3.63) is 71.3 Å². The van der Waals surface area contributed by atoms with Crippen molar-refractivity contribution < 1.29 is 23.4 Å². The third kappa shape index (κ3) is 4.78. The first-order chi connectivity index (χ1) is 15.7. The summed E-state index contributed by atoms with van der Waals surface area (Å²) in [6, 6.07) is 13.6. The molecule has 0 atom stereocenters. The number of hydrogen-bond donors (Lipinski definition) is 0. The summed E-state index contributed by atoms with van der Waals surface area (Å²) in [7, 11) is 0. The summed E-state index contributed by atoms with van der Waals surface area (Å²) in [4.78, 5) is 17.3. The highest BCUT2D eigenvalue weighted by atomic mass is 35.5. The number of ether oxygens (including phenoxy) is 3. The van der Waals surface area contributed by atoms with Gasteiger partial charge in [0.05, 0.1) is 5.02 Å². The molecular formula is C22H18ClFN4O4. The molecule has 0 radical (unpaired) electrons. The van der Waals surface area contributed by atoms with Crippen LogP contribution in [0.3, 0.4) is 0 Å². The lowest BCUT2D eigenvalue weighted by Crippen LogP contribution is -2.26. The second kappa shape index (κ2) is 10.1. The summed E-state index contributed by atoms with van der Waals surface area (Å²) in [5.74, 6) is -0.767. The zero-order chi connectivity index (χ0) is 22.3. The van der Waals surface area contributed by atoms with Gasteiger partial charge in [-0.15, -0.1) is 0 Å². The van der Waals surface area contributed by atoms with E-state index >= 15 is 4.39 Å². The highest BCUT2D eigenvalue weighted by Gasteiger charge is 2.23. The topological polar surface area (TPSA) is 87.4 Å². The third-order valence-corrected chi connectivity index (χ3v) is 4.51. The van der Waals surface area contributed by atoms with Crippen LogP contribution in [0.5, 0.6) is 23.3 Å². The van der Waals surface area contributed by atoms with Crippen LogP contribution in [-0.4, -0.2) is 41.3 Å². The Labute approximate surface area is 188 Å². The van der Waals surface area contributed by atoms with Gasteiger partial charge >= 0.3 is 0 Å². The average molecular weight is 457 g/mol. The number of halogens is 2. The lowest BCUT2D eigenvalue weighted by Gasteiger charge is -2.17. The fraction of sp³-hybridized carbons (Fsp3) is 0.182. The van der Waals surface area contributed by atoms with Gasteiger partial charge in [-0.25, -0.2) is 0 Å². The highest BCUT2D eigenvalue weighted by molar-refractivity contribution is 6.46. The van der Waals surface area contributed by atoms with E-state index in [9.17, 15) is 0 Å². The van der Waals surface area contributed by atoms with Crippen LogP contribution in [-0.2, 0) is 9.57 Å². The Kier molecular flexibility index (Phi) is 6.76. The van der Waals surface area contributed by atoms with Gasteiger partial charge in [0.15, 0.2) is 6.61 Å². The molecule has 8 nitrogen and oxygen atoms in total. The largest absolute Gasteiger partial charge is 0.470 e. The van der Waals surface area contributed by atoms with Gasteiger partial charge in [0.25, 0.3) is 17.7 Å². The summed E-state index contributed by atoms with van der Waals surface area (Å²) in [5, 5.41) is 4.25. The van der Waals surface area contributed by atoms with Gasteiger partial charge in [-0.05, 0) is 36.3 Å². The summed E-state index contributed by atoms with van der Waals surface area (Å²) < 4.78 is 32.0. The zero-order valence-corrected chi connectivity index (χ0v) is 17.8. The number of oxime groups is 1. The van der Waals surface area contributed by atoms with Crippen LogP contribution in [0.25, 0.3) is 0 Å². The van der Waals surface area contributed by atoms with Crippen molar-refractivity contribution in [2.24, 2.45) is 10.1 Å². The number of aromatic nitrogens is 2. The van der Waals surface area contributed by atoms with Gasteiger partial charge in [-0.2, -0.15) is 14.4 Å². The van der Waals surface area contributed by atoms with E-state index in [0.29, 0.717) is 36.1 Å². The fourth-order valence-electron chi connectivity index (χ4n) is 2.81. The van der Waals surface area contributed by atoms with Gasteiger partial charge in [-0.3, -0.25) is 4.99 Å². The van der Waals surface area contributed by atoms with E-state index in [-0.39, 0.29) is 29.2 Å². The van der Waals surface area contributed by atoms with Gasteiger partial charge < -0.3 is 19.0 Å². The molecule has 0 N–H and O–H groups in total. The van der Waals surface area contributed by atoms with Gasteiger partial charge in [0.1, 0.15) is 30.1 Å². The van der Waals surface area contributed by atoms with Gasteiger partial charge in [0.2, 0.25) is 5.82 Å². The molecule has 2 aromatic carbocycles. The maximum Gasteiger partial charge on any atom is 0.276 e. The predicted octanol–water partition coefficient (Wildman–Crippen LogP) is 5.02. The van der Waals surface area contributed by atoms with E-state index in [1.54, 1.807) is 48.5 Å². The normalized spacial score (nSPS) is 13.6. The first-order valence-corrected chi connectivity index (χ1v) is 10.1. The minimum absolute atomic E-state index is 0.222. The first kappa shape index (κ1) is 21.5. The van der Waals surface area contributed by atoms with Crippen molar-refractivity contribution in [3.8, 4) is 23.3 Å². The highest BCUT2D eigenvalue weighted by Crippen LogP contribution is 2.33. The number of aliphatic imine (C=N–C) groups is 1. The Hall–Kier alpha value is -3.72. The molecule has 0 saturated carbocycles. The first-order valence-electron chi connectivity index (χ1n) is 9.75. The second-order valence-corrected chi connectivity index (χ2v) is 6.74. The third-order valence-electron chi connectivity index (χ3n) is 4.20. The monoisotopic (exact) mass is 456 g/mol. The lowest BCUT2D eigenvalue weighted by atomic mass is 10.1. The van der Waals surface area contributed by atoms with Crippen LogP contribution < -0.4 is 9.47 Å². The molecule has 1 aliphatic heterocycles. The molecule has 0 saturated heterocycles. The molecule has 1 aromatic heterocycles. The smallest absolute Gasteiger partial charge is 0.276 e. The average Bonchev–Trinajstić information content (AvgIpc) is 2.82. The number of rotatable bonds is 7. The zero-order valence-electron chi connectivity index (χ0n) is 17.0. The quantitative estimate of drug-likeness (QED) is 0.464. The van der Waals surface area contributed by atoms with Crippen molar-refractivity contribution >= 4 is 23.2 Å². The van der Waals surface area contributed by atoms with Crippen molar-refractivity contribution in [2.45, 2.75) is 6.92 Å². The molecule has 0 spiro atoms. The molecule has 4 rings (SSSR count). The maximum absolute atomic E-state index is 15.1. The number of para-hydroxylation sites is 2. The predicted molar refractivity (Wildman–Crippen MR) is 116 cm³/mol. The van der Waals surface area contributed by atoms with Gasteiger partial charge in [-0.1, -0.05) is 35.9 Å². The van der Waals surface area contributed by atoms with Crippen LogP contribution in [0.2, 0.25) is 5.02 Å². The second-order valence-electron chi connectivity index (χ2n) is 6.33. The summed E-state index contributed by atoms with van der Waals surface area (Å²) in [6.45, 7) is 3.02. The SMILES string of the molecule is CCN=C(C1=NOCCO1)c1ccccc1Oc1ncnc(Oc2ccccc2Cl)c1F. The van der Waals surface area contributed by atoms with E-state index in [0.717, 1.165) is 6.33 Å². The van der Waals surface area contributed by atoms with Crippen molar-refractivity contribution in [1.82, 2.24) is 9.97 Å². The fourth-order valence-corrected chi connectivity index (χ4v) is 2.99. The summed E-state index contributed by atoms with van der Waals surface area (Å²) >= 11 is 6.09.